The molecular formula is C30H34ClFN4O2S. The number of halogens is 2. The van der Waals surface area contributed by atoms with E-state index < -0.39 is 5.41 Å². The van der Waals surface area contributed by atoms with Gasteiger partial charge in [0.1, 0.15) is 18.2 Å². The van der Waals surface area contributed by atoms with Gasteiger partial charge < -0.3 is 4.90 Å². The Morgan fingerprint density at radius 2 is 1.85 bits per heavy atom. The number of nitrogens with zero attached hydrogens (tertiary/aromatic N) is 4. The fourth-order valence-corrected chi connectivity index (χ4v) is 6.69. The highest BCUT2D eigenvalue weighted by Gasteiger charge is 2.40. The van der Waals surface area contributed by atoms with Crippen molar-refractivity contribution in [3.8, 4) is 5.69 Å². The van der Waals surface area contributed by atoms with Gasteiger partial charge >= 0.3 is 0 Å². The largest absolute Gasteiger partial charge is 0.341 e. The molecule has 206 valence electrons. The molecule has 9 heteroatoms. The van der Waals surface area contributed by atoms with Gasteiger partial charge in [-0.3, -0.25) is 14.5 Å². The third-order valence-electron chi connectivity index (χ3n) is 7.46. The molecule has 3 heterocycles. The summed E-state index contributed by atoms with van der Waals surface area (Å²) in [5.74, 6) is 0.641. The summed E-state index contributed by atoms with van der Waals surface area (Å²) < 4.78 is 16.1. The molecule has 1 atom stereocenters. The van der Waals surface area contributed by atoms with Gasteiger partial charge in [0.05, 0.1) is 27.4 Å². The van der Waals surface area contributed by atoms with E-state index in [4.69, 9.17) is 16.7 Å². The van der Waals surface area contributed by atoms with Gasteiger partial charge in [-0.05, 0) is 48.6 Å². The van der Waals surface area contributed by atoms with E-state index in [0.717, 1.165) is 29.7 Å². The molecule has 2 aliphatic rings. The normalized spacial score (nSPS) is 18.7. The van der Waals surface area contributed by atoms with E-state index in [9.17, 15) is 14.0 Å². The first-order valence-corrected chi connectivity index (χ1v) is 14.8. The van der Waals surface area contributed by atoms with Crippen LogP contribution in [0.2, 0.25) is 5.02 Å². The number of carbonyl (C=O) groups is 2. The maximum atomic E-state index is 14.4. The van der Waals surface area contributed by atoms with Crippen LogP contribution in [0.1, 0.15) is 62.6 Å². The van der Waals surface area contributed by atoms with Crippen LogP contribution in [-0.4, -0.2) is 51.9 Å². The Kier molecular flexibility index (Phi) is 7.80. The Bertz CT molecular complexity index is 1390. The molecule has 2 aromatic carbocycles. The summed E-state index contributed by atoms with van der Waals surface area (Å²) in [6, 6.07) is 13.8. The van der Waals surface area contributed by atoms with Crippen LogP contribution in [-0.2, 0) is 15.0 Å². The highest BCUT2D eigenvalue weighted by Crippen LogP contribution is 2.48. The smallest absolute Gasteiger partial charge is 0.242 e. The number of para-hydroxylation sites is 1. The van der Waals surface area contributed by atoms with Crippen LogP contribution in [0.3, 0.4) is 0 Å². The van der Waals surface area contributed by atoms with E-state index in [-0.39, 0.29) is 35.2 Å². The van der Waals surface area contributed by atoms with E-state index in [1.807, 2.05) is 29.2 Å². The zero-order chi connectivity index (χ0) is 27.9. The molecule has 2 aliphatic heterocycles. The Balaban J connectivity index is 1.72. The van der Waals surface area contributed by atoms with Crippen molar-refractivity contribution in [2.24, 2.45) is 5.92 Å². The Morgan fingerprint density at radius 1 is 1.13 bits per heavy atom. The lowest BCUT2D eigenvalue weighted by Crippen LogP contribution is -2.46. The highest BCUT2D eigenvalue weighted by molar-refractivity contribution is 8.00. The number of hydrogen-bond donors (Lipinski definition) is 0. The molecule has 0 radical (unpaired) electrons. The van der Waals surface area contributed by atoms with Gasteiger partial charge in [-0.25, -0.2) is 9.07 Å². The summed E-state index contributed by atoms with van der Waals surface area (Å²) in [7, 11) is 0. The number of rotatable bonds is 4. The van der Waals surface area contributed by atoms with Crippen molar-refractivity contribution in [2.45, 2.75) is 51.2 Å². The third-order valence-corrected chi connectivity index (χ3v) is 9.04. The first kappa shape index (κ1) is 27.7. The average molecular weight is 569 g/mol. The molecule has 0 bridgehead atoms. The molecule has 5 rings (SSSR count). The number of aromatic nitrogens is 2. The molecule has 1 aromatic heterocycles. The monoisotopic (exact) mass is 568 g/mol. The molecule has 0 saturated carbocycles. The summed E-state index contributed by atoms with van der Waals surface area (Å²) in [5, 5.41) is 5.17. The minimum atomic E-state index is -0.408. The van der Waals surface area contributed by atoms with Crippen molar-refractivity contribution in [1.29, 1.82) is 0 Å². The fourth-order valence-electron chi connectivity index (χ4n) is 5.29. The van der Waals surface area contributed by atoms with E-state index in [1.165, 1.54) is 23.9 Å². The average Bonchev–Trinajstić information content (AvgIpc) is 3.22. The topological polar surface area (TPSA) is 58.4 Å². The molecule has 2 amide bonds. The van der Waals surface area contributed by atoms with Crippen LogP contribution in [0, 0.1) is 11.7 Å². The molecule has 39 heavy (non-hydrogen) atoms. The first-order chi connectivity index (χ1) is 18.5. The van der Waals surface area contributed by atoms with Crippen LogP contribution >= 0.6 is 23.4 Å². The number of likely N-dealkylation sites (tertiary alicyclic amines) is 1. The number of carbonyl (C=O) groups excluding carboxylic acids is 2. The molecule has 0 unspecified atom stereocenters. The lowest BCUT2D eigenvalue weighted by molar-refractivity contribution is -0.132. The second-order valence-electron chi connectivity index (χ2n) is 11.5. The summed E-state index contributed by atoms with van der Waals surface area (Å²) in [6.45, 7) is 9.69. The SMILES string of the molecule is CC1CCN(C(=O)CN2C(=O)CS[C@H](c3cccc(F)c3)c3c(C(C)(C)C)nn(-c4ccccc4Cl)c32)CC1. The zero-order valence-electron chi connectivity index (χ0n) is 22.8. The molecule has 3 aromatic rings. The van der Waals surface area contributed by atoms with Crippen molar-refractivity contribution in [2.75, 3.05) is 30.3 Å². The molecule has 0 N–H and O–H groups in total. The molecular weight excluding hydrogens is 535 g/mol. The van der Waals surface area contributed by atoms with Gasteiger partial charge in [-0.2, -0.15) is 5.10 Å². The number of amides is 2. The van der Waals surface area contributed by atoms with Gasteiger partial charge in [0, 0.05) is 24.1 Å². The van der Waals surface area contributed by atoms with E-state index in [1.54, 1.807) is 21.7 Å². The van der Waals surface area contributed by atoms with E-state index >= 15 is 0 Å². The number of fused-ring (bicyclic) bond motifs is 1. The lowest BCUT2D eigenvalue weighted by atomic mass is 9.87. The maximum Gasteiger partial charge on any atom is 0.242 e. The summed E-state index contributed by atoms with van der Waals surface area (Å²) in [4.78, 5) is 30.8. The highest BCUT2D eigenvalue weighted by atomic mass is 35.5. The lowest BCUT2D eigenvalue weighted by Gasteiger charge is -2.32. The summed E-state index contributed by atoms with van der Waals surface area (Å²) >= 11 is 8.11. The summed E-state index contributed by atoms with van der Waals surface area (Å²) in [5.41, 5.74) is 2.54. The standard InChI is InChI=1S/C30H34ClFN4O2S/c1-19-12-14-34(15-13-19)24(37)17-35-25(38)18-39-27(20-8-7-9-21(32)16-20)26-28(30(2,3)4)33-36(29(26)35)23-11-6-5-10-22(23)31/h5-11,16,19,27H,12-15,17-18H2,1-4H3/t27-/m1/s1. The van der Waals surface area contributed by atoms with Gasteiger partial charge in [0.25, 0.3) is 0 Å². The van der Waals surface area contributed by atoms with Crippen LogP contribution in [0.5, 0.6) is 0 Å². The quantitative estimate of drug-likeness (QED) is 0.366. The number of benzene rings is 2. The van der Waals surface area contributed by atoms with Crippen LogP contribution in [0.4, 0.5) is 10.2 Å². The van der Waals surface area contributed by atoms with Gasteiger partial charge in [-0.1, -0.05) is 63.6 Å². The van der Waals surface area contributed by atoms with Gasteiger partial charge in [0.2, 0.25) is 11.8 Å². The molecule has 0 spiro atoms. The number of thioether (sulfide) groups is 1. The molecule has 0 aliphatic carbocycles. The Hall–Kier alpha value is -2.84. The van der Waals surface area contributed by atoms with Crippen molar-refractivity contribution in [3.05, 3.63) is 76.2 Å². The van der Waals surface area contributed by atoms with Crippen molar-refractivity contribution in [1.82, 2.24) is 14.7 Å². The molecule has 1 saturated heterocycles. The molecule has 1 fully saturated rings. The Labute approximate surface area is 238 Å². The number of anilines is 1. The van der Waals surface area contributed by atoms with E-state index in [2.05, 4.69) is 27.7 Å². The maximum absolute atomic E-state index is 14.4. The van der Waals surface area contributed by atoms with Crippen LogP contribution in [0.25, 0.3) is 5.69 Å². The predicted molar refractivity (Wildman–Crippen MR) is 155 cm³/mol. The first-order valence-electron chi connectivity index (χ1n) is 13.4. The van der Waals surface area contributed by atoms with Crippen molar-refractivity contribution < 1.29 is 14.0 Å². The Morgan fingerprint density at radius 3 is 2.51 bits per heavy atom. The van der Waals surface area contributed by atoms with Crippen molar-refractivity contribution in [3.63, 3.8) is 0 Å². The zero-order valence-corrected chi connectivity index (χ0v) is 24.4. The number of hydrogen-bond acceptors (Lipinski definition) is 4. The molecule has 6 nitrogen and oxygen atoms in total. The van der Waals surface area contributed by atoms with Gasteiger partial charge in [-0.15, -0.1) is 11.8 Å². The number of piperidine rings is 1. The minimum absolute atomic E-state index is 0.0837. The van der Waals surface area contributed by atoms with Crippen molar-refractivity contribution >= 4 is 41.0 Å². The van der Waals surface area contributed by atoms with E-state index in [0.29, 0.717) is 35.5 Å². The van der Waals surface area contributed by atoms with Crippen LogP contribution < -0.4 is 4.90 Å². The fraction of sp³-hybridized carbons (Fsp3) is 0.433. The summed E-state index contributed by atoms with van der Waals surface area (Å²) in [6.07, 6.45) is 1.91. The predicted octanol–water partition coefficient (Wildman–Crippen LogP) is 6.39. The van der Waals surface area contributed by atoms with Gasteiger partial charge in [0.15, 0.2) is 0 Å². The third kappa shape index (κ3) is 5.59. The minimum Gasteiger partial charge on any atom is -0.341 e. The second-order valence-corrected chi connectivity index (χ2v) is 13.0. The second kappa shape index (κ2) is 11.0. The van der Waals surface area contributed by atoms with Crippen LogP contribution in [0.15, 0.2) is 48.5 Å².